The summed E-state index contributed by atoms with van der Waals surface area (Å²) in [6.45, 7) is 0.437. The molecule has 104 valence electrons. The Labute approximate surface area is 139 Å². The summed E-state index contributed by atoms with van der Waals surface area (Å²) in [5.41, 5.74) is 2.51. The SMILES string of the molecule is O=C(NCc1ccc(CBr)cc1)c1cc(I)ccc1O. The summed E-state index contributed by atoms with van der Waals surface area (Å²) in [7, 11) is 0. The maximum Gasteiger partial charge on any atom is 0.255 e. The fourth-order valence-corrected chi connectivity index (χ4v) is 2.58. The molecular formula is C15H13BrINO2. The molecule has 5 heteroatoms. The summed E-state index contributed by atoms with van der Waals surface area (Å²) in [6.07, 6.45) is 0. The van der Waals surface area contributed by atoms with E-state index in [-0.39, 0.29) is 11.7 Å². The first-order valence-corrected chi connectivity index (χ1v) is 8.20. The van der Waals surface area contributed by atoms with Crippen molar-refractivity contribution in [1.29, 1.82) is 0 Å². The summed E-state index contributed by atoms with van der Waals surface area (Å²) in [5, 5.41) is 13.3. The molecule has 0 aromatic heterocycles. The van der Waals surface area contributed by atoms with Crippen LogP contribution in [0.5, 0.6) is 5.75 Å². The molecule has 0 heterocycles. The zero-order valence-corrected chi connectivity index (χ0v) is 14.3. The van der Waals surface area contributed by atoms with Gasteiger partial charge in [-0.25, -0.2) is 0 Å². The molecule has 0 fully saturated rings. The van der Waals surface area contributed by atoms with E-state index in [1.807, 2.05) is 24.3 Å². The molecule has 0 saturated carbocycles. The number of hydrogen-bond donors (Lipinski definition) is 2. The molecule has 3 nitrogen and oxygen atoms in total. The van der Waals surface area contributed by atoms with Crippen molar-refractivity contribution in [2.75, 3.05) is 0 Å². The van der Waals surface area contributed by atoms with Gasteiger partial charge >= 0.3 is 0 Å². The van der Waals surface area contributed by atoms with Crippen molar-refractivity contribution in [3.05, 3.63) is 62.7 Å². The molecule has 0 aliphatic heterocycles. The number of benzene rings is 2. The standard InChI is InChI=1S/C15H13BrINO2/c16-8-10-1-3-11(4-2-10)9-18-15(20)13-7-12(17)5-6-14(13)19/h1-7,19H,8-9H2,(H,18,20). The fraction of sp³-hybridized carbons (Fsp3) is 0.133. The van der Waals surface area contributed by atoms with Crippen LogP contribution in [0.25, 0.3) is 0 Å². The van der Waals surface area contributed by atoms with E-state index in [2.05, 4.69) is 43.8 Å². The third-order valence-electron chi connectivity index (χ3n) is 2.83. The molecule has 2 aromatic carbocycles. The highest BCUT2D eigenvalue weighted by Crippen LogP contribution is 2.19. The molecule has 2 rings (SSSR count). The summed E-state index contributed by atoms with van der Waals surface area (Å²) in [4.78, 5) is 12.0. The van der Waals surface area contributed by atoms with Crippen LogP contribution in [-0.4, -0.2) is 11.0 Å². The van der Waals surface area contributed by atoms with Crippen LogP contribution in [0.2, 0.25) is 0 Å². The first-order chi connectivity index (χ1) is 9.60. The van der Waals surface area contributed by atoms with Gasteiger partial charge in [0.15, 0.2) is 0 Å². The molecule has 2 aromatic rings. The molecule has 0 radical (unpaired) electrons. The lowest BCUT2D eigenvalue weighted by molar-refractivity contribution is 0.0948. The molecule has 0 spiro atoms. The van der Waals surface area contributed by atoms with E-state index < -0.39 is 0 Å². The monoisotopic (exact) mass is 445 g/mol. The number of aromatic hydroxyl groups is 1. The Bertz CT molecular complexity index is 614. The molecule has 1 amide bonds. The number of rotatable bonds is 4. The van der Waals surface area contributed by atoms with E-state index in [1.54, 1.807) is 12.1 Å². The quantitative estimate of drug-likeness (QED) is 0.555. The van der Waals surface area contributed by atoms with E-state index in [0.717, 1.165) is 14.5 Å². The predicted octanol–water partition coefficient (Wildman–Crippen LogP) is 3.82. The molecular weight excluding hydrogens is 433 g/mol. The van der Waals surface area contributed by atoms with Gasteiger partial charge in [-0.1, -0.05) is 40.2 Å². The molecule has 0 aliphatic carbocycles. The van der Waals surface area contributed by atoms with Crippen LogP contribution in [0.1, 0.15) is 21.5 Å². The highest BCUT2D eigenvalue weighted by molar-refractivity contribution is 14.1. The number of halogens is 2. The molecule has 0 atom stereocenters. The maximum atomic E-state index is 12.0. The Hall–Kier alpha value is -1.08. The van der Waals surface area contributed by atoms with Crippen molar-refractivity contribution in [3.8, 4) is 5.75 Å². The molecule has 0 unspecified atom stereocenters. The molecule has 2 N–H and O–H groups in total. The molecule has 20 heavy (non-hydrogen) atoms. The number of hydrogen-bond acceptors (Lipinski definition) is 2. The van der Waals surface area contributed by atoms with Gasteiger partial charge in [0.2, 0.25) is 0 Å². The van der Waals surface area contributed by atoms with Crippen LogP contribution in [0.3, 0.4) is 0 Å². The smallest absolute Gasteiger partial charge is 0.255 e. The minimum Gasteiger partial charge on any atom is -0.507 e. The van der Waals surface area contributed by atoms with Gasteiger partial charge in [0.05, 0.1) is 5.56 Å². The minimum absolute atomic E-state index is 0.00227. The van der Waals surface area contributed by atoms with Gasteiger partial charge in [0, 0.05) is 15.4 Å². The lowest BCUT2D eigenvalue weighted by Gasteiger charge is -2.08. The second-order valence-corrected chi connectivity index (χ2v) is 6.10. The van der Waals surface area contributed by atoms with Crippen LogP contribution < -0.4 is 5.32 Å². The second-order valence-electron chi connectivity index (χ2n) is 4.29. The first kappa shape index (κ1) is 15.3. The van der Waals surface area contributed by atoms with Crippen molar-refractivity contribution in [1.82, 2.24) is 5.32 Å². The maximum absolute atomic E-state index is 12.0. The highest BCUT2D eigenvalue weighted by atomic mass is 127. The Balaban J connectivity index is 2.02. The van der Waals surface area contributed by atoms with Crippen molar-refractivity contribution >= 4 is 44.4 Å². The third kappa shape index (κ3) is 3.96. The summed E-state index contributed by atoms with van der Waals surface area (Å²) in [5.74, 6) is -0.275. The number of amides is 1. The van der Waals surface area contributed by atoms with Crippen molar-refractivity contribution in [2.24, 2.45) is 0 Å². The van der Waals surface area contributed by atoms with Crippen LogP contribution in [-0.2, 0) is 11.9 Å². The lowest BCUT2D eigenvalue weighted by atomic mass is 10.1. The van der Waals surface area contributed by atoms with Gasteiger partial charge in [-0.2, -0.15) is 0 Å². The normalized spacial score (nSPS) is 10.3. The number of alkyl halides is 1. The van der Waals surface area contributed by atoms with E-state index in [9.17, 15) is 9.90 Å². The van der Waals surface area contributed by atoms with Gasteiger partial charge in [-0.3, -0.25) is 4.79 Å². The average molecular weight is 446 g/mol. The molecule has 0 saturated heterocycles. The van der Waals surface area contributed by atoms with Gasteiger partial charge in [0.1, 0.15) is 5.75 Å². The number of phenols is 1. The zero-order chi connectivity index (χ0) is 14.5. The first-order valence-electron chi connectivity index (χ1n) is 6.00. The van der Waals surface area contributed by atoms with Gasteiger partial charge < -0.3 is 10.4 Å². The van der Waals surface area contributed by atoms with Crippen LogP contribution >= 0.6 is 38.5 Å². The predicted molar refractivity (Wildman–Crippen MR) is 91.1 cm³/mol. The van der Waals surface area contributed by atoms with Crippen molar-refractivity contribution < 1.29 is 9.90 Å². The molecule has 0 bridgehead atoms. The van der Waals surface area contributed by atoms with Gasteiger partial charge in [-0.15, -0.1) is 0 Å². The van der Waals surface area contributed by atoms with E-state index in [4.69, 9.17) is 0 Å². The Morgan fingerprint density at radius 1 is 1.15 bits per heavy atom. The van der Waals surface area contributed by atoms with E-state index in [1.165, 1.54) is 11.6 Å². The average Bonchev–Trinajstić information content (AvgIpc) is 2.47. The Morgan fingerprint density at radius 3 is 2.45 bits per heavy atom. The van der Waals surface area contributed by atoms with Crippen molar-refractivity contribution in [3.63, 3.8) is 0 Å². The molecule has 0 aliphatic rings. The lowest BCUT2D eigenvalue weighted by Crippen LogP contribution is -2.23. The minimum atomic E-state index is -0.273. The summed E-state index contributed by atoms with van der Waals surface area (Å²) in [6, 6.07) is 12.9. The van der Waals surface area contributed by atoms with E-state index >= 15 is 0 Å². The Kier molecular flexibility index (Phi) is 5.42. The third-order valence-corrected chi connectivity index (χ3v) is 4.15. The van der Waals surface area contributed by atoms with E-state index in [0.29, 0.717) is 12.1 Å². The van der Waals surface area contributed by atoms with Gasteiger partial charge in [0.25, 0.3) is 5.91 Å². The van der Waals surface area contributed by atoms with Gasteiger partial charge in [-0.05, 0) is 51.9 Å². The van der Waals surface area contributed by atoms with Crippen molar-refractivity contribution in [2.45, 2.75) is 11.9 Å². The number of nitrogens with one attached hydrogen (secondary N) is 1. The Morgan fingerprint density at radius 2 is 1.80 bits per heavy atom. The summed E-state index contributed by atoms with van der Waals surface area (Å²) < 4.78 is 0.909. The second kappa shape index (κ2) is 7.08. The van der Waals surface area contributed by atoms with Crippen LogP contribution in [0, 0.1) is 3.57 Å². The van der Waals surface area contributed by atoms with Crippen LogP contribution in [0.4, 0.5) is 0 Å². The topological polar surface area (TPSA) is 49.3 Å². The largest absolute Gasteiger partial charge is 0.507 e. The van der Waals surface area contributed by atoms with Crippen LogP contribution in [0.15, 0.2) is 42.5 Å². The zero-order valence-electron chi connectivity index (χ0n) is 10.6. The highest BCUT2D eigenvalue weighted by Gasteiger charge is 2.11. The number of carbonyl (C=O) groups excluding carboxylic acids is 1. The summed E-state index contributed by atoms with van der Waals surface area (Å²) >= 11 is 5.50. The fourth-order valence-electron chi connectivity index (χ4n) is 1.71. The number of phenolic OH excluding ortho intramolecular Hbond substituents is 1. The number of carbonyl (C=O) groups is 1.